The standard InChI is InChI=1S/C19H17ClN2O2S/c1-14(20)8-13-18(21-2)25-17-11-9-15(10-12-17)22-19(23)24-16-6-4-3-5-7-16/h3-13H,2H2,1H3,(H,22,23)/b14-8+,18-13+. The number of halogens is 1. The largest absolute Gasteiger partial charge is 0.417 e. The number of amides is 1. The zero-order chi connectivity index (χ0) is 18.1. The lowest BCUT2D eigenvalue weighted by atomic mass is 10.3. The van der Waals surface area contributed by atoms with Crippen molar-refractivity contribution in [2.45, 2.75) is 11.8 Å². The molecule has 0 unspecified atom stereocenters. The molecule has 0 atom stereocenters. The van der Waals surface area contributed by atoms with E-state index < -0.39 is 6.09 Å². The van der Waals surface area contributed by atoms with Crippen LogP contribution in [0.1, 0.15) is 6.92 Å². The van der Waals surface area contributed by atoms with Crippen molar-refractivity contribution >= 4 is 41.9 Å². The second-order valence-electron chi connectivity index (χ2n) is 4.87. The van der Waals surface area contributed by atoms with Gasteiger partial charge in [0.1, 0.15) is 10.8 Å². The van der Waals surface area contributed by atoms with E-state index in [0.717, 1.165) is 9.92 Å². The van der Waals surface area contributed by atoms with Gasteiger partial charge < -0.3 is 4.74 Å². The van der Waals surface area contributed by atoms with E-state index in [9.17, 15) is 4.79 Å². The molecule has 0 saturated carbocycles. The first-order valence-electron chi connectivity index (χ1n) is 7.39. The number of carbonyl (C=O) groups excluding carboxylic acids is 1. The Kier molecular flexibility index (Phi) is 7.32. The smallest absolute Gasteiger partial charge is 0.410 e. The Morgan fingerprint density at radius 2 is 1.84 bits per heavy atom. The van der Waals surface area contributed by atoms with Crippen molar-refractivity contribution in [1.82, 2.24) is 0 Å². The number of ether oxygens (including phenoxy) is 1. The Balaban J connectivity index is 1.95. The summed E-state index contributed by atoms with van der Waals surface area (Å²) in [6.07, 6.45) is 3.01. The molecular formula is C19H17ClN2O2S. The van der Waals surface area contributed by atoms with Gasteiger partial charge in [0.05, 0.1) is 0 Å². The van der Waals surface area contributed by atoms with Crippen molar-refractivity contribution in [3.8, 4) is 5.75 Å². The number of aliphatic imine (C=N–C) groups is 1. The zero-order valence-electron chi connectivity index (χ0n) is 13.6. The molecule has 128 valence electrons. The van der Waals surface area contributed by atoms with E-state index in [1.807, 2.05) is 18.2 Å². The predicted molar refractivity (Wildman–Crippen MR) is 106 cm³/mol. The lowest BCUT2D eigenvalue weighted by molar-refractivity contribution is 0.215. The number of nitrogens with one attached hydrogen (secondary N) is 1. The molecule has 0 radical (unpaired) electrons. The topological polar surface area (TPSA) is 50.7 Å². The molecule has 0 saturated heterocycles. The maximum atomic E-state index is 11.8. The Bertz CT molecular complexity index is 783. The van der Waals surface area contributed by atoms with E-state index in [4.69, 9.17) is 16.3 Å². The molecule has 2 rings (SSSR count). The Morgan fingerprint density at radius 1 is 1.16 bits per heavy atom. The second-order valence-corrected chi connectivity index (χ2v) is 6.56. The quantitative estimate of drug-likeness (QED) is 0.380. The molecule has 0 aromatic heterocycles. The Labute approximate surface area is 156 Å². The van der Waals surface area contributed by atoms with Gasteiger partial charge in [-0.2, -0.15) is 0 Å². The first-order chi connectivity index (χ1) is 12.1. The minimum atomic E-state index is -0.539. The second kappa shape index (κ2) is 9.71. The summed E-state index contributed by atoms with van der Waals surface area (Å²) in [5, 5.41) is 4.07. The van der Waals surface area contributed by atoms with Crippen molar-refractivity contribution in [2.24, 2.45) is 4.99 Å². The van der Waals surface area contributed by atoms with Gasteiger partial charge in [0, 0.05) is 15.6 Å². The molecule has 1 amide bonds. The van der Waals surface area contributed by atoms with Gasteiger partial charge in [-0.3, -0.25) is 10.3 Å². The Morgan fingerprint density at radius 3 is 2.44 bits per heavy atom. The summed E-state index contributed by atoms with van der Waals surface area (Å²) in [5.74, 6) is 0.488. The molecule has 0 aliphatic heterocycles. The lowest BCUT2D eigenvalue weighted by Gasteiger charge is -2.07. The molecule has 1 N–H and O–H groups in total. The molecule has 25 heavy (non-hydrogen) atoms. The number of hydrogen-bond acceptors (Lipinski definition) is 4. The van der Waals surface area contributed by atoms with Gasteiger partial charge in [0.15, 0.2) is 0 Å². The molecule has 4 nitrogen and oxygen atoms in total. The maximum absolute atomic E-state index is 11.8. The molecular weight excluding hydrogens is 356 g/mol. The van der Waals surface area contributed by atoms with Gasteiger partial charge in [0.2, 0.25) is 0 Å². The summed E-state index contributed by atoms with van der Waals surface area (Å²) in [5.41, 5.74) is 0.638. The van der Waals surface area contributed by atoms with Crippen molar-refractivity contribution in [1.29, 1.82) is 0 Å². The molecule has 6 heteroatoms. The van der Waals surface area contributed by atoms with Crippen LogP contribution in [-0.2, 0) is 0 Å². The van der Waals surface area contributed by atoms with E-state index in [2.05, 4.69) is 17.0 Å². The molecule has 0 aliphatic carbocycles. The molecule has 0 heterocycles. The zero-order valence-corrected chi connectivity index (χ0v) is 15.2. The summed E-state index contributed by atoms with van der Waals surface area (Å²) in [7, 11) is 0. The van der Waals surface area contributed by atoms with Crippen LogP contribution in [0.4, 0.5) is 10.5 Å². The number of carbonyl (C=O) groups is 1. The normalized spacial score (nSPS) is 11.8. The van der Waals surface area contributed by atoms with Crippen LogP contribution < -0.4 is 10.1 Å². The van der Waals surface area contributed by atoms with E-state index in [-0.39, 0.29) is 0 Å². The molecule has 0 fully saturated rings. The highest BCUT2D eigenvalue weighted by atomic mass is 35.5. The fourth-order valence-corrected chi connectivity index (χ4v) is 2.55. The van der Waals surface area contributed by atoms with Crippen LogP contribution in [0.2, 0.25) is 0 Å². The summed E-state index contributed by atoms with van der Waals surface area (Å²) in [6.45, 7) is 5.34. The van der Waals surface area contributed by atoms with Crippen LogP contribution in [-0.4, -0.2) is 12.8 Å². The van der Waals surface area contributed by atoms with Gasteiger partial charge in [-0.05, 0) is 62.2 Å². The summed E-state index contributed by atoms with van der Waals surface area (Å²) in [4.78, 5) is 16.8. The van der Waals surface area contributed by atoms with Crippen molar-refractivity contribution in [2.75, 3.05) is 5.32 Å². The Hall–Kier alpha value is -2.50. The SMILES string of the molecule is C=N/C(=C\C=C(/C)Cl)Sc1ccc(NC(=O)Oc2ccccc2)cc1. The fourth-order valence-electron chi connectivity index (χ4n) is 1.77. The number of anilines is 1. The number of nitrogens with zero attached hydrogens (tertiary/aromatic N) is 1. The van der Waals surface area contributed by atoms with Gasteiger partial charge >= 0.3 is 6.09 Å². The minimum absolute atomic E-state index is 0.488. The number of para-hydroxylation sites is 1. The van der Waals surface area contributed by atoms with Crippen molar-refractivity contribution < 1.29 is 9.53 Å². The van der Waals surface area contributed by atoms with Crippen LogP contribution in [0.15, 0.2) is 86.7 Å². The number of benzene rings is 2. The molecule has 2 aromatic carbocycles. The van der Waals surface area contributed by atoms with E-state index >= 15 is 0 Å². The maximum Gasteiger partial charge on any atom is 0.417 e. The van der Waals surface area contributed by atoms with E-state index in [0.29, 0.717) is 16.5 Å². The van der Waals surface area contributed by atoms with Crippen LogP contribution >= 0.6 is 23.4 Å². The number of thioether (sulfide) groups is 1. The highest BCUT2D eigenvalue weighted by molar-refractivity contribution is 8.03. The number of rotatable bonds is 6. The summed E-state index contributed by atoms with van der Waals surface area (Å²) < 4.78 is 5.18. The highest BCUT2D eigenvalue weighted by Crippen LogP contribution is 2.28. The third-order valence-corrected chi connectivity index (χ3v) is 4.00. The average molecular weight is 373 g/mol. The van der Waals surface area contributed by atoms with Gasteiger partial charge in [-0.15, -0.1) is 0 Å². The number of allylic oxidation sites excluding steroid dienone is 3. The molecule has 0 bridgehead atoms. The lowest BCUT2D eigenvalue weighted by Crippen LogP contribution is -2.16. The van der Waals surface area contributed by atoms with Crippen LogP contribution in [0.3, 0.4) is 0 Å². The van der Waals surface area contributed by atoms with Crippen molar-refractivity contribution in [3.05, 3.63) is 76.8 Å². The van der Waals surface area contributed by atoms with E-state index in [1.54, 1.807) is 55.5 Å². The van der Waals surface area contributed by atoms with Crippen molar-refractivity contribution in [3.63, 3.8) is 0 Å². The third kappa shape index (κ3) is 6.87. The summed E-state index contributed by atoms with van der Waals surface area (Å²) in [6, 6.07) is 16.2. The van der Waals surface area contributed by atoms with Crippen LogP contribution in [0.5, 0.6) is 5.75 Å². The fraction of sp³-hybridized carbons (Fsp3) is 0.0526. The van der Waals surface area contributed by atoms with Gasteiger partial charge in [0.25, 0.3) is 0 Å². The van der Waals surface area contributed by atoms with Gasteiger partial charge in [-0.1, -0.05) is 41.6 Å². The monoisotopic (exact) mass is 372 g/mol. The molecule has 2 aromatic rings. The van der Waals surface area contributed by atoms with Crippen LogP contribution in [0, 0.1) is 0 Å². The minimum Gasteiger partial charge on any atom is -0.410 e. The first kappa shape index (κ1) is 18.8. The van der Waals surface area contributed by atoms with Crippen LogP contribution in [0.25, 0.3) is 0 Å². The predicted octanol–water partition coefficient (Wildman–Crippen LogP) is 6.07. The third-order valence-electron chi connectivity index (χ3n) is 2.89. The van der Waals surface area contributed by atoms with Gasteiger partial charge in [-0.25, -0.2) is 4.79 Å². The highest BCUT2D eigenvalue weighted by Gasteiger charge is 2.05. The molecule has 0 spiro atoms. The first-order valence-corrected chi connectivity index (χ1v) is 8.59. The summed E-state index contributed by atoms with van der Waals surface area (Å²) >= 11 is 7.25. The average Bonchev–Trinajstić information content (AvgIpc) is 2.60. The number of hydrogen-bond donors (Lipinski definition) is 1. The molecule has 0 aliphatic rings. The van der Waals surface area contributed by atoms with E-state index in [1.165, 1.54) is 11.8 Å².